The molecule has 0 atom stereocenters. The second-order valence-corrected chi connectivity index (χ2v) is 3.74. The number of para-hydroxylation sites is 1. The minimum Gasteiger partial charge on any atom is -0.441 e. The van der Waals surface area contributed by atoms with Gasteiger partial charge in [-0.3, -0.25) is 0 Å². The highest BCUT2D eigenvalue weighted by Gasteiger charge is 2.06. The van der Waals surface area contributed by atoms with E-state index in [0.29, 0.717) is 0 Å². The van der Waals surface area contributed by atoms with E-state index in [1.165, 1.54) is 5.56 Å². The number of aryl methyl sites for hydroxylation is 2. The largest absolute Gasteiger partial charge is 0.441 e. The van der Waals surface area contributed by atoms with Crippen LogP contribution in [0.1, 0.15) is 24.3 Å². The molecular weight excluding hydrogens is 188 g/mol. The highest BCUT2D eigenvalue weighted by Crippen LogP contribution is 2.21. The molecule has 1 aromatic heterocycles. The van der Waals surface area contributed by atoms with Gasteiger partial charge in [-0.2, -0.15) is 0 Å². The topological polar surface area (TPSA) is 52.0 Å². The van der Waals surface area contributed by atoms with Crippen LogP contribution in [0.3, 0.4) is 0 Å². The predicted molar refractivity (Wildman–Crippen MR) is 60.7 cm³/mol. The molecule has 0 radical (unpaired) electrons. The van der Waals surface area contributed by atoms with Crippen LogP contribution in [0.4, 0.5) is 0 Å². The lowest BCUT2D eigenvalue weighted by Crippen LogP contribution is -1.99. The lowest BCUT2D eigenvalue weighted by atomic mass is 10.1. The maximum absolute atomic E-state index is 5.59. The van der Waals surface area contributed by atoms with Gasteiger partial charge in [0.1, 0.15) is 5.52 Å². The molecule has 0 saturated carbocycles. The molecule has 2 rings (SSSR count). The highest BCUT2D eigenvalue weighted by atomic mass is 16.3. The van der Waals surface area contributed by atoms with Crippen LogP contribution in [0.5, 0.6) is 0 Å². The second kappa shape index (κ2) is 4.45. The van der Waals surface area contributed by atoms with Crippen LogP contribution >= 0.6 is 0 Å². The number of fused-ring (bicyclic) bond motifs is 1. The van der Waals surface area contributed by atoms with Crippen LogP contribution in [0, 0.1) is 6.92 Å². The minimum atomic E-state index is 0.733. The molecule has 0 aliphatic carbocycles. The van der Waals surface area contributed by atoms with Crippen molar-refractivity contribution in [2.45, 2.75) is 26.2 Å². The average molecular weight is 204 g/mol. The molecule has 0 spiro atoms. The number of oxazole rings is 1. The van der Waals surface area contributed by atoms with E-state index in [-0.39, 0.29) is 0 Å². The molecule has 0 fully saturated rings. The lowest BCUT2D eigenvalue weighted by Gasteiger charge is -2.00. The molecule has 0 aliphatic heterocycles. The van der Waals surface area contributed by atoms with Crippen molar-refractivity contribution in [3.05, 3.63) is 29.7 Å². The first kappa shape index (κ1) is 10.2. The molecule has 0 aliphatic rings. The summed E-state index contributed by atoms with van der Waals surface area (Å²) < 4.78 is 5.59. The Kier molecular flexibility index (Phi) is 3.02. The standard InChI is InChI=1S/C12H16N2O/c1-9-14-11-7-4-6-10(12(11)15-9)5-2-3-8-13/h4,6-7H,2-3,5,8,13H2,1H3. The van der Waals surface area contributed by atoms with Gasteiger partial charge in [-0.25, -0.2) is 4.98 Å². The van der Waals surface area contributed by atoms with Crippen molar-refractivity contribution in [2.75, 3.05) is 6.54 Å². The first-order chi connectivity index (χ1) is 7.31. The van der Waals surface area contributed by atoms with Crippen molar-refractivity contribution in [1.29, 1.82) is 0 Å². The van der Waals surface area contributed by atoms with Gasteiger partial charge in [-0.05, 0) is 37.4 Å². The van der Waals surface area contributed by atoms with Crippen molar-refractivity contribution < 1.29 is 4.42 Å². The van der Waals surface area contributed by atoms with Gasteiger partial charge in [0.05, 0.1) is 0 Å². The van der Waals surface area contributed by atoms with Crippen molar-refractivity contribution >= 4 is 11.1 Å². The van der Waals surface area contributed by atoms with Crippen molar-refractivity contribution in [1.82, 2.24) is 4.98 Å². The number of hydrogen-bond acceptors (Lipinski definition) is 3. The number of nitrogens with two attached hydrogens (primary N) is 1. The van der Waals surface area contributed by atoms with Gasteiger partial charge in [-0.15, -0.1) is 0 Å². The molecule has 80 valence electrons. The normalized spacial score (nSPS) is 11.1. The fourth-order valence-electron chi connectivity index (χ4n) is 1.77. The zero-order valence-corrected chi connectivity index (χ0v) is 8.99. The number of hydrogen-bond donors (Lipinski definition) is 1. The van der Waals surface area contributed by atoms with Crippen molar-refractivity contribution in [3.63, 3.8) is 0 Å². The monoisotopic (exact) mass is 204 g/mol. The Morgan fingerprint density at radius 3 is 3.00 bits per heavy atom. The van der Waals surface area contributed by atoms with Crippen LogP contribution in [0.25, 0.3) is 11.1 Å². The van der Waals surface area contributed by atoms with Gasteiger partial charge in [0, 0.05) is 6.92 Å². The summed E-state index contributed by atoms with van der Waals surface area (Å²) >= 11 is 0. The number of benzene rings is 1. The first-order valence-corrected chi connectivity index (χ1v) is 5.36. The summed E-state index contributed by atoms with van der Waals surface area (Å²) in [7, 11) is 0. The van der Waals surface area contributed by atoms with E-state index in [9.17, 15) is 0 Å². The summed E-state index contributed by atoms with van der Waals surface area (Å²) in [5.41, 5.74) is 8.60. The van der Waals surface area contributed by atoms with Gasteiger partial charge in [-0.1, -0.05) is 12.1 Å². The van der Waals surface area contributed by atoms with E-state index < -0.39 is 0 Å². The van der Waals surface area contributed by atoms with E-state index in [1.54, 1.807) is 0 Å². The molecule has 3 heteroatoms. The van der Waals surface area contributed by atoms with Crippen molar-refractivity contribution in [2.24, 2.45) is 5.73 Å². The van der Waals surface area contributed by atoms with Gasteiger partial charge in [0.2, 0.25) is 0 Å². The molecule has 0 amide bonds. The molecule has 2 N–H and O–H groups in total. The van der Waals surface area contributed by atoms with Crippen molar-refractivity contribution in [3.8, 4) is 0 Å². The Bertz CT molecular complexity index is 448. The molecule has 1 aromatic carbocycles. The van der Waals surface area contributed by atoms with E-state index in [2.05, 4.69) is 11.1 Å². The second-order valence-electron chi connectivity index (χ2n) is 3.74. The lowest BCUT2D eigenvalue weighted by molar-refractivity contribution is 0.556. The number of nitrogens with zero attached hydrogens (tertiary/aromatic N) is 1. The third-order valence-corrected chi connectivity index (χ3v) is 2.50. The van der Waals surface area contributed by atoms with Crippen LogP contribution in [0.15, 0.2) is 22.6 Å². The summed E-state index contributed by atoms with van der Waals surface area (Å²) in [6, 6.07) is 6.11. The Balaban J connectivity index is 2.25. The number of unbranched alkanes of at least 4 members (excludes halogenated alkanes) is 1. The Hall–Kier alpha value is -1.35. The third-order valence-electron chi connectivity index (χ3n) is 2.50. The predicted octanol–water partition coefficient (Wildman–Crippen LogP) is 2.42. The van der Waals surface area contributed by atoms with Crippen LogP contribution in [-0.2, 0) is 6.42 Å². The molecular formula is C12H16N2O. The van der Waals surface area contributed by atoms with Gasteiger partial charge < -0.3 is 10.2 Å². The highest BCUT2D eigenvalue weighted by molar-refractivity contribution is 5.76. The van der Waals surface area contributed by atoms with Crippen LogP contribution in [0.2, 0.25) is 0 Å². The van der Waals surface area contributed by atoms with E-state index >= 15 is 0 Å². The smallest absolute Gasteiger partial charge is 0.192 e. The van der Waals surface area contributed by atoms with Gasteiger partial charge in [0.25, 0.3) is 0 Å². The number of rotatable bonds is 4. The molecule has 3 nitrogen and oxygen atoms in total. The van der Waals surface area contributed by atoms with Gasteiger partial charge >= 0.3 is 0 Å². The average Bonchev–Trinajstić information content (AvgIpc) is 2.59. The maximum Gasteiger partial charge on any atom is 0.192 e. The molecule has 15 heavy (non-hydrogen) atoms. The molecule has 2 aromatic rings. The summed E-state index contributed by atoms with van der Waals surface area (Å²) in [4.78, 5) is 4.31. The maximum atomic E-state index is 5.59. The molecule has 1 heterocycles. The minimum absolute atomic E-state index is 0.733. The van der Waals surface area contributed by atoms with E-state index in [4.69, 9.17) is 10.2 Å². The Morgan fingerprint density at radius 2 is 2.20 bits per heavy atom. The summed E-state index contributed by atoms with van der Waals surface area (Å²) in [5.74, 6) is 0.733. The molecule has 0 unspecified atom stereocenters. The van der Waals surface area contributed by atoms with E-state index in [0.717, 1.165) is 42.8 Å². The number of aromatic nitrogens is 1. The molecule has 0 bridgehead atoms. The van der Waals surface area contributed by atoms with Crippen LogP contribution in [-0.4, -0.2) is 11.5 Å². The SMILES string of the molecule is Cc1nc2cccc(CCCCN)c2o1. The first-order valence-electron chi connectivity index (χ1n) is 5.36. The summed E-state index contributed by atoms with van der Waals surface area (Å²) in [6.07, 6.45) is 3.18. The summed E-state index contributed by atoms with van der Waals surface area (Å²) in [6.45, 7) is 2.63. The van der Waals surface area contributed by atoms with Gasteiger partial charge in [0.15, 0.2) is 11.5 Å². The Labute approximate surface area is 89.3 Å². The third kappa shape index (κ3) is 2.18. The van der Waals surface area contributed by atoms with Crippen LogP contribution < -0.4 is 5.73 Å². The zero-order valence-electron chi connectivity index (χ0n) is 8.99. The molecule has 0 saturated heterocycles. The summed E-state index contributed by atoms with van der Waals surface area (Å²) in [5, 5.41) is 0. The zero-order chi connectivity index (χ0) is 10.7. The quantitative estimate of drug-likeness (QED) is 0.778. The van der Waals surface area contributed by atoms with E-state index in [1.807, 2.05) is 19.1 Å². The Morgan fingerprint density at radius 1 is 1.33 bits per heavy atom. The fourth-order valence-corrected chi connectivity index (χ4v) is 1.77. The fraction of sp³-hybridized carbons (Fsp3) is 0.417.